The summed E-state index contributed by atoms with van der Waals surface area (Å²) >= 11 is 0. The van der Waals surface area contributed by atoms with E-state index in [9.17, 15) is 4.79 Å². The van der Waals surface area contributed by atoms with E-state index in [1.807, 2.05) is 0 Å². The first-order valence-electron chi connectivity index (χ1n) is 27.0. The van der Waals surface area contributed by atoms with Crippen molar-refractivity contribution in [2.24, 2.45) is 5.41 Å². The summed E-state index contributed by atoms with van der Waals surface area (Å²) in [6.45, 7) is 12.8. The molecule has 0 rings (SSSR count). The van der Waals surface area contributed by atoms with Gasteiger partial charge in [0.05, 0.1) is 0 Å². The van der Waals surface area contributed by atoms with E-state index >= 15 is 0 Å². The first kappa shape index (κ1) is 67.2. The molecule has 0 atom stereocenters. The number of carbonyl (C=O) groups excluding carboxylic acids is 1. The Morgan fingerprint density at radius 2 is 0.672 bits per heavy atom. The van der Waals surface area contributed by atoms with Crippen molar-refractivity contribution in [3.05, 3.63) is 0 Å². The molecule has 0 heterocycles. The largest absolute Gasteiger partial charge is 0.500 e. The van der Waals surface area contributed by atoms with Crippen LogP contribution in [0.5, 0.6) is 0 Å². The first-order valence-corrected chi connectivity index (χ1v) is 39.0. The lowest BCUT2D eigenvalue weighted by atomic mass is 9.72. The van der Waals surface area contributed by atoms with E-state index in [1.165, 1.54) is 128 Å². The molecule has 0 aromatic carbocycles. The summed E-state index contributed by atoms with van der Waals surface area (Å²) in [4.78, 5) is 12.4. The number of nitrogens with one attached hydrogen (secondary N) is 1. The van der Waals surface area contributed by atoms with Gasteiger partial charge in [0.1, 0.15) is 0 Å². The Morgan fingerprint density at radius 1 is 0.373 bits per heavy atom. The van der Waals surface area contributed by atoms with Crippen LogP contribution >= 0.6 is 0 Å². The van der Waals surface area contributed by atoms with Gasteiger partial charge in [-0.1, -0.05) is 122 Å². The highest BCUT2D eigenvalue weighted by molar-refractivity contribution is 6.84. The van der Waals surface area contributed by atoms with E-state index in [1.54, 1.807) is 64.0 Å². The zero-order chi connectivity index (χ0) is 50.4. The van der Waals surface area contributed by atoms with Crippen LogP contribution in [0.2, 0.25) is 56.4 Å². The van der Waals surface area contributed by atoms with Gasteiger partial charge >= 0.3 is 26.4 Å². The molecule has 0 aliphatic carbocycles. The van der Waals surface area contributed by atoms with E-state index in [0.29, 0.717) is 6.42 Å². The summed E-state index contributed by atoms with van der Waals surface area (Å²) < 4.78 is 59.1. The molecule has 67 heavy (non-hydrogen) atoms. The predicted molar refractivity (Wildman–Crippen MR) is 291 cm³/mol. The molecule has 0 aliphatic rings. The van der Waals surface area contributed by atoms with E-state index in [0.717, 1.165) is 82.5 Å². The van der Waals surface area contributed by atoms with Gasteiger partial charge in [-0.3, -0.25) is 4.79 Å². The van der Waals surface area contributed by atoms with Gasteiger partial charge in [0, 0.05) is 95.1 Å². The molecule has 17 heteroatoms. The highest BCUT2D eigenvalue weighted by atomic mass is 28.4. The van der Waals surface area contributed by atoms with Crippen molar-refractivity contribution in [1.29, 1.82) is 0 Å². The zero-order valence-electron chi connectivity index (χ0n) is 46.5. The number of hydrogen-bond donors (Lipinski definition) is 1. The van der Waals surface area contributed by atoms with Gasteiger partial charge in [0.15, 0.2) is 16.6 Å². The second-order valence-electron chi connectivity index (χ2n) is 20.6. The average Bonchev–Trinajstić information content (AvgIpc) is 3.32. The highest BCUT2D eigenvalue weighted by Gasteiger charge is 2.42. The van der Waals surface area contributed by atoms with E-state index in [4.69, 9.17) is 43.9 Å². The second kappa shape index (κ2) is 39.7. The summed E-state index contributed by atoms with van der Waals surface area (Å²) in [5, 5.41) is 3.17. The Labute approximate surface area is 420 Å². The standard InChI is InChI=1S/C50H111NO11Si5/c1-15-16-44-63(11,12)62-64(13,14)45-34-30-26-22-19-23-27-31-38-49(52)51-43-33-29-25-21-18-17-20-24-28-32-39-50(40-35-46-65(53-2,54-3)55-4,41-36-47-66(56-5,57-6)58-7)42-37-48-67(59-8,60-9)61-10/h15-48H2,1-14H3,(H,51,52). The van der Waals surface area contributed by atoms with Gasteiger partial charge in [-0.15, -0.1) is 0 Å². The summed E-state index contributed by atoms with van der Waals surface area (Å²) in [7, 11) is 4.19. The molecule has 0 saturated heterocycles. The van der Waals surface area contributed by atoms with Gasteiger partial charge in [-0.2, -0.15) is 0 Å². The van der Waals surface area contributed by atoms with Crippen LogP contribution in [0.4, 0.5) is 0 Å². The van der Waals surface area contributed by atoms with Gasteiger partial charge in [0.2, 0.25) is 5.91 Å². The molecular formula is C50H111NO11Si5. The van der Waals surface area contributed by atoms with Crippen LogP contribution in [0.15, 0.2) is 0 Å². The molecule has 1 N–H and O–H groups in total. The number of rotatable bonds is 50. The molecule has 0 saturated carbocycles. The lowest BCUT2D eigenvalue weighted by Crippen LogP contribution is -2.44. The van der Waals surface area contributed by atoms with Gasteiger partial charge in [0.25, 0.3) is 0 Å². The molecular weight excluding hydrogens is 931 g/mol. The zero-order valence-corrected chi connectivity index (χ0v) is 51.5. The van der Waals surface area contributed by atoms with Crippen LogP contribution in [0.3, 0.4) is 0 Å². The summed E-state index contributed by atoms with van der Waals surface area (Å²) in [5.74, 6) is 0.234. The van der Waals surface area contributed by atoms with Crippen molar-refractivity contribution in [2.75, 3.05) is 70.5 Å². The van der Waals surface area contributed by atoms with Crippen LogP contribution in [-0.2, 0) is 48.7 Å². The van der Waals surface area contributed by atoms with Crippen molar-refractivity contribution < 1.29 is 48.7 Å². The lowest BCUT2D eigenvalue weighted by molar-refractivity contribution is -0.121. The Hall–Kier alpha value is 0.154. The van der Waals surface area contributed by atoms with Crippen molar-refractivity contribution in [3.63, 3.8) is 0 Å². The quantitative estimate of drug-likeness (QED) is 0.0463. The molecule has 12 nitrogen and oxygen atoms in total. The maximum Gasteiger partial charge on any atom is 0.500 e. The normalized spacial score (nSPS) is 13.2. The van der Waals surface area contributed by atoms with Gasteiger partial charge < -0.3 is 49.3 Å². The van der Waals surface area contributed by atoms with E-state index in [-0.39, 0.29) is 11.3 Å². The monoisotopic (exact) mass is 1040 g/mol. The van der Waals surface area contributed by atoms with Crippen molar-refractivity contribution in [3.8, 4) is 0 Å². The Balaban J connectivity index is 4.59. The number of amides is 1. The molecule has 402 valence electrons. The third-order valence-electron chi connectivity index (χ3n) is 14.4. The van der Waals surface area contributed by atoms with E-state index in [2.05, 4.69) is 38.4 Å². The van der Waals surface area contributed by atoms with Crippen molar-refractivity contribution in [2.45, 2.75) is 243 Å². The second-order valence-corrected chi connectivity index (χ2v) is 38.8. The van der Waals surface area contributed by atoms with Crippen LogP contribution in [0, 0.1) is 5.41 Å². The van der Waals surface area contributed by atoms with Crippen LogP contribution < -0.4 is 5.32 Å². The highest BCUT2D eigenvalue weighted by Crippen LogP contribution is 2.44. The molecule has 0 aromatic rings. The first-order chi connectivity index (χ1) is 32.0. The molecule has 0 radical (unpaired) electrons. The Kier molecular flexibility index (Phi) is 39.7. The number of carbonyl (C=O) groups is 1. The number of unbranched alkanes of at least 4 members (excludes halogenated alkanes) is 17. The maximum absolute atomic E-state index is 12.4. The molecule has 0 fully saturated rings. The molecule has 0 aromatic heterocycles. The SMILES string of the molecule is CCCC[Si](C)(C)O[Si](C)(C)CCCCCCCCCCC(=O)NCCCCCCCCCCCCC(CCC[Si](OC)(OC)OC)(CCC[Si](OC)(OC)OC)CCC[Si](OC)(OC)OC. The van der Waals surface area contributed by atoms with Crippen LogP contribution in [-0.4, -0.2) is 119 Å². The minimum atomic E-state index is -2.69. The average molecular weight is 1040 g/mol. The van der Waals surface area contributed by atoms with Crippen LogP contribution in [0.1, 0.15) is 187 Å². The molecule has 0 bridgehead atoms. The van der Waals surface area contributed by atoms with Crippen molar-refractivity contribution in [1.82, 2.24) is 5.32 Å². The smallest absolute Gasteiger partial charge is 0.455 e. The Bertz CT molecular complexity index is 1070. The fourth-order valence-corrected chi connectivity index (χ4v) is 24.4. The molecule has 0 unspecified atom stereocenters. The maximum atomic E-state index is 12.4. The van der Waals surface area contributed by atoms with Gasteiger partial charge in [-0.05, 0) is 101 Å². The minimum Gasteiger partial charge on any atom is -0.455 e. The molecule has 0 aliphatic heterocycles. The molecule has 1 amide bonds. The van der Waals surface area contributed by atoms with Crippen molar-refractivity contribution >= 4 is 49.0 Å². The topological polar surface area (TPSA) is 121 Å². The summed E-state index contributed by atoms with van der Waals surface area (Å²) in [6.07, 6.45) is 32.9. The fraction of sp³-hybridized carbons (Fsp3) is 0.980. The predicted octanol–water partition coefficient (Wildman–Crippen LogP) is 14.1. The summed E-state index contributed by atoms with van der Waals surface area (Å²) in [5.41, 5.74) is 0.112. The lowest BCUT2D eigenvalue weighted by Gasteiger charge is -2.37. The summed E-state index contributed by atoms with van der Waals surface area (Å²) in [6, 6.07) is 4.95. The van der Waals surface area contributed by atoms with Gasteiger partial charge in [-0.25, -0.2) is 0 Å². The third-order valence-corrected chi connectivity index (χ3v) is 30.5. The fourth-order valence-electron chi connectivity index (χ4n) is 10.2. The molecule has 0 spiro atoms. The minimum absolute atomic E-state index is 0.112. The van der Waals surface area contributed by atoms with Crippen LogP contribution in [0.25, 0.3) is 0 Å². The third kappa shape index (κ3) is 31.4. The number of hydrogen-bond acceptors (Lipinski definition) is 11. The van der Waals surface area contributed by atoms with E-state index < -0.39 is 43.0 Å². The Morgan fingerprint density at radius 3 is 1.03 bits per heavy atom.